The summed E-state index contributed by atoms with van der Waals surface area (Å²) in [5.74, 6) is -6.04. The third-order valence-corrected chi connectivity index (χ3v) is 7.48. The van der Waals surface area contributed by atoms with Gasteiger partial charge in [0.1, 0.15) is 18.8 Å². The van der Waals surface area contributed by atoms with Gasteiger partial charge in [-0.05, 0) is 55.5 Å². The number of nitrogens with one attached hydrogen (secondary N) is 5. The predicted molar refractivity (Wildman–Crippen MR) is 176 cm³/mol. The van der Waals surface area contributed by atoms with Crippen molar-refractivity contribution < 1.29 is 60.5 Å². The normalized spacial score (nSPS) is 12.8. The molecule has 0 radical (unpaired) electrons. The van der Waals surface area contributed by atoms with E-state index in [2.05, 4.69) is 31.6 Å². The molecule has 4 aromatic rings. The van der Waals surface area contributed by atoms with Crippen molar-refractivity contribution in [3.63, 3.8) is 0 Å². The minimum Gasteiger partial charge on any atom is -0.480 e. The highest BCUT2D eigenvalue weighted by Gasteiger charge is 2.37. The smallest absolute Gasteiger partial charge is 0.417 e. The summed E-state index contributed by atoms with van der Waals surface area (Å²) in [7, 11) is 0. The first-order valence-electron chi connectivity index (χ1n) is 15.5. The Hall–Kier alpha value is -7.04. The van der Waals surface area contributed by atoms with Crippen molar-refractivity contribution in [1.82, 2.24) is 46.9 Å². The van der Waals surface area contributed by atoms with Crippen LogP contribution in [-0.4, -0.2) is 79.5 Å². The van der Waals surface area contributed by atoms with E-state index in [0.29, 0.717) is 12.1 Å². The summed E-state index contributed by atoms with van der Waals surface area (Å²) < 4.78 is 84.8. The van der Waals surface area contributed by atoms with Gasteiger partial charge >= 0.3 is 24.3 Å². The van der Waals surface area contributed by atoms with Crippen LogP contribution in [-0.2, 0) is 21.9 Å². The molecule has 3 amide bonds. The number of benzene rings is 2. The molecule has 0 fully saturated rings. The third kappa shape index (κ3) is 9.13. The molecule has 0 unspecified atom stereocenters. The maximum absolute atomic E-state index is 14.0. The van der Waals surface area contributed by atoms with Gasteiger partial charge in [-0.1, -0.05) is 5.21 Å². The van der Waals surface area contributed by atoms with E-state index < -0.39 is 77.4 Å². The molecule has 55 heavy (non-hydrogen) atoms. The van der Waals surface area contributed by atoms with Crippen LogP contribution in [0.3, 0.4) is 0 Å². The zero-order valence-electron chi connectivity index (χ0n) is 27.8. The maximum Gasteiger partial charge on any atom is 0.417 e. The van der Waals surface area contributed by atoms with E-state index in [9.17, 15) is 50.3 Å². The lowest BCUT2D eigenvalue weighted by atomic mass is 10.0. The first kappa shape index (κ1) is 39.2. The van der Waals surface area contributed by atoms with Crippen LogP contribution < -0.4 is 31.9 Å². The minimum absolute atomic E-state index is 0.0112. The fraction of sp³-hybridized carbons (Fsp3) is 0.188. The first-order chi connectivity index (χ1) is 25.8. The number of amides is 3. The Balaban J connectivity index is 1.49. The van der Waals surface area contributed by atoms with Crippen molar-refractivity contribution in [3.8, 4) is 17.1 Å². The maximum atomic E-state index is 14.0. The molecular formula is C32H26F6N10O7. The number of alkyl halides is 6. The van der Waals surface area contributed by atoms with Crippen molar-refractivity contribution >= 4 is 41.0 Å². The number of carbonyl (C=O) groups is 5. The molecule has 2 aromatic heterocycles. The van der Waals surface area contributed by atoms with Crippen molar-refractivity contribution in [2.75, 3.05) is 24.6 Å². The highest BCUT2D eigenvalue weighted by Crippen LogP contribution is 2.36. The summed E-state index contributed by atoms with van der Waals surface area (Å²) in [5, 5.41) is 32.8. The predicted octanol–water partition coefficient (Wildman–Crippen LogP) is 2.57. The molecule has 2 aromatic carbocycles. The average Bonchev–Trinajstić information content (AvgIpc) is 3.83. The van der Waals surface area contributed by atoms with Crippen LogP contribution >= 0.6 is 0 Å². The molecule has 7 N–H and O–H groups in total. The lowest BCUT2D eigenvalue weighted by Gasteiger charge is -2.19. The largest absolute Gasteiger partial charge is 0.480 e. The van der Waals surface area contributed by atoms with Gasteiger partial charge in [-0.15, -0.1) is 10.6 Å². The number of rotatable bonds is 12. The van der Waals surface area contributed by atoms with Crippen LogP contribution in [0.25, 0.3) is 22.8 Å². The number of carboxylic acids is 2. The first-order valence-corrected chi connectivity index (χ1v) is 15.5. The summed E-state index contributed by atoms with van der Waals surface area (Å²) in [5.41, 5.74) is 0.706. The molecule has 0 spiro atoms. The number of carbonyl (C=O) groups excluding carboxylic acids is 3. The van der Waals surface area contributed by atoms with Gasteiger partial charge in [-0.2, -0.15) is 26.3 Å². The fourth-order valence-corrected chi connectivity index (χ4v) is 5.01. The highest BCUT2D eigenvalue weighted by molar-refractivity contribution is 5.99. The number of hydrogen-bond acceptors (Lipinski definition) is 11. The zero-order chi connectivity index (χ0) is 40.2. The monoisotopic (exact) mass is 776 g/mol. The van der Waals surface area contributed by atoms with Gasteiger partial charge in [0.05, 0.1) is 63.1 Å². The molecule has 0 atom stereocenters. The number of aromatic nitrogens is 4. The Morgan fingerprint density at radius 3 is 1.82 bits per heavy atom. The fourth-order valence-electron chi connectivity index (χ4n) is 5.01. The van der Waals surface area contributed by atoms with Crippen molar-refractivity contribution in [2.24, 2.45) is 0 Å². The number of nitrogens with zero attached hydrogens (tertiary/aromatic N) is 5. The molecule has 5 rings (SSSR count). The van der Waals surface area contributed by atoms with Crippen LogP contribution in [0, 0.1) is 0 Å². The van der Waals surface area contributed by atoms with Crippen LogP contribution in [0.4, 0.5) is 32.0 Å². The Kier molecular flexibility index (Phi) is 11.1. The number of pyridine rings is 1. The average molecular weight is 777 g/mol. The van der Waals surface area contributed by atoms with E-state index in [1.165, 1.54) is 24.5 Å². The zero-order valence-corrected chi connectivity index (χ0v) is 27.8. The van der Waals surface area contributed by atoms with Crippen molar-refractivity contribution in [3.05, 3.63) is 94.4 Å². The van der Waals surface area contributed by atoms with E-state index in [1.807, 2.05) is 10.6 Å². The van der Waals surface area contributed by atoms with Crippen molar-refractivity contribution in [2.45, 2.75) is 19.3 Å². The van der Waals surface area contributed by atoms with E-state index in [4.69, 9.17) is 10.2 Å². The summed E-state index contributed by atoms with van der Waals surface area (Å²) >= 11 is 0. The highest BCUT2D eigenvalue weighted by atomic mass is 19.4. The lowest BCUT2D eigenvalue weighted by Crippen LogP contribution is -2.36. The minimum atomic E-state index is -5.04. The summed E-state index contributed by atoms with van der Waals surface area (Å²) in [6, 6.07) is 7.85. The summed E-state index contributed by atoms with van der Waals surface area (Å²) in [6.07, 6.45) is -7.60. The van der Waals surface area contributed by atoms with E-state index in [0.717, 1.165) is 34.0 Å². The van der Waals surface area contributed by atoms with E-state index in [-0.39, 0.29) is 46.3 Å². The molecule has 0 saturated carbocycles. The number of carboxylic acid groups (broad SMARTS) is 2. The summed E-state index contributed by atoms with van der Waals surface area (Å²) in [6.45, 7) is 0.0444. The molecule has 23 heteroatoms. The van der Waals surface area contributed by atoms with Gasteiger partial charge in [0, 0.05) is 12.1 Å². The van der Waals surface area contributed by atoms with Crippen LogP contribution in [0.5, 0.6) is 0 Å². The van der Waals surface area contributed by atoms with Crippen molar-refractivity contribution in [1.29, 1.82) is 0 Å². The van der Waals surface area contributed by atoms with Gasteiger partial charge in [-0.3, -0.25) is 34.4 Å². The Morgan fingerprint density at radius 1 is 0.727 bits per heavy atom. The Labute approximate surface area is 304 Å². The second kappa shape index (κ2) is 15.5. The molecule has 0 aliphatic carbocycles. The number of hydrazine groups is 2. The molecule has 0 saturated heterocycles. The Morgan fingerprint density at radius 2 is 1.27 bits per heavy atom. The second-order valence-corrected chi connectivity index (χ2v) is 11.3. The van der Waals surface area contributed by atoms with E-state index in [1.54, 1.807) is 6.92 Å². The molecule has 288 valence electrons. The topological polar surface area (TPSA) is 233 Å². The Bertz CT molecular complexity index is 2220. The van der Waals surface area contributed by atoms with Gasteiger partial charge in [0.15, 0.2) is 0 Å². The second-order valence-electron chi connectivity index (χ2n) is 11.3. The molecule has 3 heterocycles. The van der Waals surface area contributed by atoms with Gasteiger partial charge in [0.25, 0.3) is 17.7 Å². The number of hydrogen-bond donors (Lipinski definition) is 7. The molecular weight excluding hydrogens is 750 g/mol. The molecule has 17 nitrogen and oxygen atoms in total. The van der Waals surface area contributed by atoms with Gasteiger partial charge < -0.3 is 26.2 Å². The van der Waals surface area contributed by atoms with E-state index >= 15 is 0 Å². The standard InChI is InChI=1S/C32H26F6N10O7/c1-2-39-28(53)15-7-22(24-13-47(45-43-24)16-3-5-18(20(9-16)31(33,34)35)29(54)40-11-26(49)50)42-23(8-15)25-14-48(46-44-25)17-4-6-19(21(10-17)32(36,37)38)30(55)41-12-27(51)52/h3-10,13-14,43,45H,2,11-12H2,1H3,(H,39,53)(H,40,54)(H,41,55)(H,49,50)(H,51,52). The van der Waals surface area contributed by atoms with Gasteiger partial charge in [0.2, 0.25) is 0 Å². The third-order valence-electron chi connectivity index (χ3n) is 7.48. The molecule has 1 aliphatic rings. The SMILES string of the molecule is CCNC(=O)c1cc(C2=CN(c3ccc(C(=O)NCC(=O)O)c(C(F)(F)F)c3)NN2)nc(-c2cn(-c3ccc(C(=O)NCC(=O)O)c(C(F)(F)F)c3)nn2)c1. The van der Waals surface area contributed by atoms with Crippen LogP contribution in [0.1, 0.15) is 54.8 Å². The molecule has 0 bridgehead atoms. The number of halogens is 6. The van der Waals surface area contributed by atoms with Crippen LogP contribution in [0.15, 0.2) is 60.9 Å². The molecule has 1 aliphatic heterocycles. The lowest BCUT2D eigenvalue weighted by molar-refractivity contribution is -0.138. The number of aliphatic carboxylic acids is 2. The van der Waals surface area contributed by atoms with Crippen LogP contribution in [0.2, 0.25) is 0 Å². The number of anilines is 1. The summed E-state index contributed by atoms with van der Waals surface area (Å²) in [4.78, 5) is 63.6. The quantitative estimate of drug-likeness (QED) is 0.103. The van der Waals surface area contributed by atoms with Gasteiger partial charge in [-0.25, -0.2) is 9.67 Å².